The molecule has 2 nitrogen and oxygen atoms in total. The van der Waals surface area contributed by atoms with E-state index in [-0.39, 0.29) is 22.2 Å². The van der Waals surface area contributed by atoms with Crippen molar-refractivity contribution in [2.75, 3.05) is 5.75 Å². The molecule has 0 aromatic heterocycles. The molecule has 1 aromatic rings. The first-order valence-corrected chi connectivity index (χ1v) is 14.6. The lowest BCUT2D eigenvalue weighted by Crippen LogP contribution is -2.45. The SMILES string of the molecule is CCCCCCSC(=O)[C@H](C)[C@H](/C=C/c1ccccc1)O[Si](C)(C)C(C)(C)C. The number of unbranched alkanes of at least 4 members (excludes halogenated alkanes) is 3. The molecule has 1 rings (SSSR count). The second kappa shape index (κ2) is 12.0. The molecule has 4 heteroatoms. The Morgan fingerprint density at radius 3 is 2.36 bits per heavy atom. The summed E-state index contributed by atoms with van der Waals surface area (Å²) in [4.78, 5) is 12.8. The Morgan fingerprint density at radius 2 is 1.79 bits per heavy atom. The molecule has 0 aliphatic heterocycles. The van der Waals surface area contributed by atoms with Gasteiger partial charge >= 0.3 is 0 Å². The Kier molecular flexibility index (Phi) is 10.8. The van der Waals surface area contributed by atoms with E-state index in [1.54, 1.807) is 0 Å². The van der Waals surface area contributed by atoms with Crippen LogP contribution in [0.5, 0.6) is 0 Å². The van der Waals surface area contributed by atoms with Gasteiger partial charge < -0.3 is 4.43 Å². The average Bonchev–Trinajstić information content (AvgIpc) is 2.64. The summed E-state index contributed by atoms with van der Waals surface area (Å²) in [6.07, 6.45) is 8.80. The first kappa shape index (κ1) is 25.2. The highest BCUT2D eigenvalue weighted by atomic mass is 32.2. The zero-order valence-electron chi connectivity index (χ0n) is 19.0. The minimum Gasteiger partial charge on any atom is -0.410 e. The first-order valence-electron chi connectivity index (χ1n) is 10.7. The summed E-state index contributed by atoms with van der Waals surface area (Å²) < 4.78 is 6.67. The van der Waals surface area contributed by atoms with E-state index in [2.05, 4.69) is 65.1 Å². The summed E-state index contributed by atoms with van der Waals surface area (Å²) in [5.41, 5.74) is 1.14. The molecule has 2 atom stereocenters. The molecule has 158 valence electrons. The van der Waals surface area contributed by atoms with Crippen LogP contribution in [0.3, 0.4) is 0 Å². The van der Waals surface area contributed by atoms with Crippen LogP contribution in [-0.4, -0.2) is 25.3 Å². The number of hydrogen-bond donors (Lipinski definition) is 0. The van der Waals surface area contributed by atoms with Crippen molar-refractivity contribution in [2.24, 2.45) is 5.92 Å². The summed E-state index contributed by atoms with van der Waals surface area (Å²) in [7, 11) is -1.98. The molecule has 0 N–H and O–H groups in total. The molecule has 0 aliphatic carbocycles. The lowest BCUT2D eigenvalue weighted by molar-refractivity contribution is -0.115. The quantitative estimate of drug-likeness (QED) is 0.273. The van der Waals surface area contributed by atoms with Crippen LogP contribution in [0.25, 0.3) is 6.08 Å². The number of carbonyl (C=O) groups excluding carboxylic acids is 1. The van der Waals surface area contributed by atoms with Crippen LogP contribution in [0, 0.1) is 5.92 Å². The highest BCUT2D eigenvalue weighted by Crippen LogP contribution is 2.38. The molecule has 0 aliphatic rings. The average molecular weight is 421 g/mol. The summed E-state index contributed by atoms with van der Waals surface area (Å²) in [6.45, 7) is 15.5. The fourth-order valence-electron chi connectivity index (χ4n) is 2.56. The molecule has 28 heavy (non-hydrogen) atoms. The second-order valence-corrected chi connectivity index (χ2v) is 15.0. The van der Waals surface area contributed by atoms with E-state index in [1.165, 1.54) is 31.0 Å². The Morgan fingerprint density at radius 1 is 1.14 bits per heavy atom. The molecule has 0 spiro atoms. The van der Waals surface area contributed by atoms with E-state index in [4.69, 9.17) is 4.43 Å². The normalized spacial score (nSPS) is 15.0. The van der Waals surface area contributed by atoms with Crippen LogP contribution in [-0.2, 0) is 9.22 Å². The van der Waals surface area contributed by atoms with Gasteiger partial charge in [0, 0.05) is 5.75 Å². The van der Waals surface area contributed by atoms with E-state index < -0.39 is 8.32 Å². The van der Waals surface area contributed by atoms with Crippen molar-refractivity contribution in [3.05, 3.63) is 42.0 Å². The van der Waals surface area contributed by atoms with Gasteiger partial charge in [0.15, 0.2) is 13.4 Å². The van der Waals surface area contributed by atoms with E-state index >= 15 is 0 Å². The minimum atomic E-state index is -1.98. The maximum absolute atomic E-state index is 12.8. The highest BCUT2D eigenvalue weighted by molar-refractivity contribution is 8.13. The zero-order chi connectivity index (χ0) is 21.2. The van der Waals surface area contributed by atoms with Gasteiger partial charge in [0.1, 0.15) is 0 Å². The van der Waals surface area contributed by atoms with Crippen molar-refractivity contribution in [1.82, 2.24) is 0 Å². The first-order chi connectivity index (χ1) is 13.1. The van der Waals surface area contributed by atoms with Gasteiger partial charge in [-0.15, -0.1) is 0 Å². The topological polar surface area (TPSA) is 26.3 Å². The van der Waals surface area contributed by atoms with E-state index in [9.17, 15) is 4.79 Å². The van der Waals surface area contributed by atoms with Gasteiger partial charge in [-0.25, -0.2) is 0 Å². The minimum absolute atomic E-state index is 0.113. The number of rotatable bonds is 11. The summed E-state index contributed by atoms with van der Waals surface area (Å²) in [6, 6.07) is 10.2. The van der Waals surface area contributed by atoms with Crippen molar-refractivity contribution in [1.29, 1.82) is 0 Å². The van der Waals surface area contributed by atoms with Gasteiger partial charge in [-0.2, -0.15) is 0 Å². The molecule has 0 unspecified atom stereocenters. The Labute approximate surface area is 178 Å². The molecule has 0 saturated heterocycles. The maximum atomic E-state index is 12.8. The Bertz CT molecular complexity index is 605. The standard InChI is InChI=1S/C24H40O2SSi/c1-8-9-10-14-19-27-23(25)20(2)22(26-28(6,7)24(3,4)5)18-17-21-15-12-11-13-16-21/h11-13,15-18,20,22H,8-10,14,19H2,1-7H3/b18-17+/t20-,22+/m1/s1. The molecular formula is C24H40O2SSi. The van der Waals surface area contributed by atoms with Gasteiger partial charge in [-0.3, -0.25) is 4.79 Å². The molecule has 0 heterocycles. The fourth-order valence-corrected chi connectivity index (χ4v) is 4.83. The Hall–Kier alpha value is -0.843. The zero-order valence-corrected chi connectivity index (χ0v) is 20.8. The Balaban J connectivity index is 2.86. The van der Waals surface area contributed by atoms with Crippen molar-refractivity contribution < 1.29 is 9.22 Å². The number of carbonyl (C=O) groups is 1. The molecular weight excluding hydrogens is 380 g/mol. The summed E-state index contributed by atoms with van der Waals surface area (Å²) >= 11 is 1.48. The molecule has 0 amide bonds. The molecule has 0 radical (unpaired) electrons. The monoisotopic (exact) mass is 420 g/mol. The smallest absolute Gasteiger partial charge is 0.194 e. The van der Waals surface area contributed by atoms with E-state index in [1.807, 2.05) is 25.1 Å². The van der Waals surface area contributed by atoms with Gasteiger partial charge in [0.2, 0.25) is 0 Å². The second-order valence-electron chi connectivity index (χ2n) is 9.13. The largest absolute Gasteiger partial charge is 0.410 e. The van der Waals surface area contributed by atoms with Crippen molar-refractivity contribution in [3.8, 4) is 0 Å². The molecule has 1 aromatic carbocycles. The number of benzene rings is 1. The predicted molar refractivity (Wildman–Crippen MR) is 128 cm³/mol. The molecule has 0 bridgehead atoms. The number of thioether (sulfide) groups is 1. The summed E-state index contributed by atoms with van der Waals surface area (Å²) in [5.74, 6) is 0.767. The van der Waals surface area contributed by atoms with Gasteiger partial charge in [-0.05, 0) is 30.1 Å². The van der Waals surface area contributed by atoms with Crippen LogP contribution < -0.4 is 0 Å². The predicted octanol–water partition coefficient (Wildman–Crippen LogP) is 7.57. The third-order valence-corrected chi connectivity index (χ3v) is 11.2. The van der Waals surface area contributed by atoms with Gasteiger partial charge in [0.25, 0.3) is 0 Å². The lowest BCUT2D eigenvalue weighted by Gasteiger charge is -2.39. The van der Waals surface area contributed by atoms with Crippen molar-refractivity contribution >= 4 is 31.3 Å². The van der Waals surface area contributed by atoms with Crippen LogP contribution >= 0.6 is 11.8 Å². The van der Waals surface area contributed by atoms with Gasteiger partial charge in [-0.1, -0.05) is 108 Å². The number of hydrogen-bond acceptors (Lipinski definition) is 3. The van der Waals surface area contributed by atoms with Crippen LogP contribution in [0.4, 0.5) is 0 Å². The van der Waals surface area contributed by atoms with E-state index in [0.717, 1.165) is 17.7 Å². The van der Waals surface area contributed by atoms with Crippen LogP contribution in [0.1, 0.15) is 65.9 Å². The highest BCUT2D eigenvalue weighted by Gasteiger charge is 2.40. The van der Waals surface area contributed by atoms with Crippen LogP contribution in [0.15, 0.2) is 36.4 Å². The lowest BCUT2D eigenvalue weighted by atomic mass is 10.1. The molecule has 0 saturated carbocycles. The molecule has 0 fully saturated rings. The third-order valence-electron chi connectivity index (χ3n) is 5.62. The van der Waals surface area contributed by atoms with Crippen molar-refractivity contribution in [2.45, 2.75) is 84.5 Å². The fraction of sp³-hybridized carbons (Fsp3) is 0.625. The summed E-state index contributed by atoms with van der Waals surface area (Å²) in [5, 5.41) is 0.361. The van der Waals surface area contributed by atoms with E-state index in [0.29, 0.717) is 0 Å². The van der Waals surface area contributed by atoms with Gasteiger partial charge in [0.05, 0.1) is 12.0 Å². The maximum Gasteiger partial charge on any atom is 0.194 e. The van der Waals surface area contributed by atoms with Crippen molar-refractivity contribution in [3.63, 3.8) is 0 Å². The third kappa shape index (κ3) is 8.67. The van der Waals surface area contributed by atoms with Crippen LogP contribution in [0.2, 0.25) is 18.1 Å².